The van der Waals surface area contributed by atoms with Gasteiger partial charge in [-0.2, -0.15) is 5.10 Å². The second-order valence-electron chi connectivity index (χ2n) is 4.41. The highest BCUT2D eigenvalue weighted by molar-refractivity contribution is 7.97. The molecule has 0 spiro atoms. The Morgan fingerprint density at radius 3 is 2.86 bits per heavy atom. The zero-order chi connectivity index (χ0) is 15.8. The maximum atomic E-state index is 5.38. The summed E-state index contributed by atoms with van der Waals surface area (Å²) in [6, 6.07) is 9.64. The van der Waals surface area contributed by atoms with Gasteiger partial charge >= 0.3 is 0 Å². The molecule has 4 N–H and O–H groups in total. The minimum atomic E-state index is -0.0704. The van der Waals surface area contributed by atoms with Gasteiger partial charge in [-0.15, -0.1) is 16.9 Å². The van der Waals surface area contributed by atoms with Crippen molar-refractivity contribution in [1.29, 1.82) is 0 Å². The van der Waals surface area contributed by atoms with Gasteiger partial charge < -0.3 is 20.6 Å². The number of furan rings is 1. The Hall–Kier alpha value is -2.41. The number of nitrogens with two attached hydrogens (primary N) is 2. The average molecular weight is 318 g/mol. The Morgan fingerprint density at radius 1 is 1.32 bits per heavy atom. The van der Waals surface area contributed by atoms with Crippen molar-refractivity contribution in [2.75, 3.05) is 7.11 Å². The van der Waals surface area contributed by atoms with Crippen molar-refractivity contribution >= 4 is 23.9 Å². The second kappa shape index (κ2) is 8.14. The molecule has 0 fully saturated rings. The first-order chi connectivity index (χ1) is 10.7. The van der Waals surface area contributed by atoms with Crippen molar-refractivity contribution in [1.82, 2.24) is 0 Å². The number of benzene rings is 1. The minimum Gasteiger partial charge on any atom is -0.496 e. The van der Waals surface area contributed by atoms with E-state index in [-0.39, 0.29) is 5.96 Å². The van der Waals surface area contributed by atoms with Gasteiger partial charge in [0.05, 0.1) is 25.3 Å². The van der Waals surface area contributed by atoms with Crippen LogP contribution in [0.5, 0.6) is 5.75 Å². The van der Waals surface area contributed by atoms with Crippen LogP contribution in [-0.2, 0) is 11.5 Å². The third kappa shape index (κ3) is 4.85. The Labute approximate surface area is 133 Å². The van der Waals surface area contributed by atoms with Crippen molar-refractivity contribution in [3.8, 4) is 5.75 Å². The molecular formula is C15H18N4O2S. The Balaban J connectivity index is 2.03. The first kappa shape index (κ1) is 16.0. The molecule has 0 bridgehead atoms. The Kier molecular flexibility index (Phi) is 5.91. The number of nitrogens with zero attached hydrogens (tertiary/aromatic N) is 2. The van der Waals surface area contributed by atoms with Crippen LogP contribution in [0.25, 0.3) is 0 Å². The number of rotatable bonds is 7. The zero-order valence-electron chi connectivity index (χ0n) is 12.2. The van der Waals surface area contributed by atoms with Gasteiger partial charge in [0.15, 0.2) is 0 Å². The molecule has 0 aliphatic carbocycles. The summed E-state index contributed by atoms with van der Waals surface area (Å²) in [4.78, 5) is 0. The monoisotopic (exact) mass is 318 g/mol. The third-order valence-electron chi connectivity index (χ3n) is 2.77. The van der Waals surface area contributed by atoms with Crippen LogP contribution in [0.2, 0.25) is 0 Å². The van der Waals surface area contributed by atoms with Gasteiger partial charge in [-0.3, -0.25) is 0 Å². The van der Waals surface area contributed by atoms with Crippen LogP contribution in [0.15, 0.2) is 51.2 Å². The molecule has 0 saturated carbocycles. The molecule has 0 saturated heterocycles. The number of hydrogen-bond donors (Lipinski definition) is 2. The number of guanidine groups is 1. The maximum Gasteiger partial charge on any atom is 0.211 e. The first-order valence-corrected chi connectivity index (χ1v) is 7.73. The highest BCUT2D eigenvalue weighted by atomic mass is 32.2. The van der Waals surface area contributed by atoms with Crippen molar-refractivity contribution in [3.05, 3.63) is 53.5 Å². The third-order valence-corrected chi connectivity index (χ3v) is 3.77. The topological polar surface area (TPSA) is 99.1 Å². The van der Waals surface area contributed by atoms with E-state index in [4.69, 9.17) is 20.6 Å². The van der Waals surface area contributed by atoms with Crippen LogP contribution < -0.4 is 16.2 Å². The fourth-order valence-electron chi connectivity index (χ4n) is 1.81. The van der Waals surface area contributed by atoms with Crippen molar-refractivity contribution in [3.63, 3.8) is 0 Å². The molecule has 1 aromatic heterocycles. The lowest BCUT2D eigenvalue weighted by Gasteiger charge is -2.08. The SMILES string of the molecule is COc1ccc(C=NN=C(N)N)cc1CSCc1ccco1. The molecule has 22 heavy (non-hydrogen) atoms. The van der Waals surface area contributed by atoms with E-state index in [0.29, 0.717) is 0 Å². The fraction of sp³-hybridized carbons (Fsp3) is 0.200. The number of ether oxygens (including phenoxy) is 1. The molecule has 1 aromatic carbocycles. The summed E-state index contributed by atoms with van der Waals surface area (Å²) in [5.74, 6) is 3.33. The highest BCUT2D eigenvalue weighted by Gasteiger charge is 2.05. The molecule has 6 nitrogen and oxygen atoms in total. The zero-order valence-corrected chi connectivity index (χ0v) is 13.0. The quantitative estimate of drug-likeness (QED) is 0.464. The van der Waals surface area contributed by atoms with E-state index in [1.54, 1.807) is 31.3 Å². The molecule has 116 valence electrons. The summed E-state index contributed by atoms with van der Waals surface area (Å²) in [6.07, 6.45) is 3.27. The van der Waals surface area contributed by atoms with Gasteiger partial charge in [-0.25, -0.2) is 0 Å². The summed E-state index contributed by atoms with van der Waals surface area (Å²) < 4.78 is 10.7. The van der Waals surface area contributed by atoms with Crippen LogP contribution in [0, 0.1) is 0 Å². The lowest BCUT2D eigenvalue weighted by molar-refractivity contribution is 0.411. The molecule has 2 aromatic rings. The molecule has 0 atom stereocenters. The van der Waals surface area contributed by atoms with E-state index in [2.05, 4.69) is 10.2 Å². The van der Waals surface area contributed by atoms with E-state index in [0.717, 1.165) is 34.1 Å². The lowest BCUT2D eigenvalue weighted by atomic mass is 10.1. The summed E-state index contributed by atoms with van der Waals surface area (Å²) in [7, 11) is 1.66. The van der Waals surface area contributed by atoms with Gasteiger partial charge in [0, 0.05) is 11.3 Å². The molecule has 0 amide bonds. The summed E-state index contributed by atoms with van der Waals surface area (Å²) in [6.45, 7) is 0. The van der Waals surface area contributed by atoms with E-state index in [1.165, 1.54) is 0 Å². The Bertz CT molecular complexity index is 650. The summed E-state index contributed by atoms with van der Waals surface area (Å²) in [5, 5.41) is 7.39. The number of thioether (sulfide) groups is 1. The van der Waals surface area contributed by atoms with Crippen molar-refractivity contribution in [2.24, 2.45) is 21.7 Å². The van der Waals surface area contributed by atoms with Gasteiger partial charge in [0.1, 0.15) is 11.5 Å². The van der Waals surface area contributed by atoms with Crippen LogP contribution in [0.4, 0.5) is 0 Å². The number of hydrogen-bond acceptors (Lipinski definition) is 5. The molecule has 0 aliphatic rings. The first-order valence-electron chi connectivity index (χ1n) is 6.58. The predicted octanol–water partition coefficient (Wildman–Crippen LogP) is 2.33. The van der Waals surface area contributed by atoms with Crippen LogP contribution in [0.1, 0.15) is 16.9 Å². The lowest BCUT2D eigenvalue weighted by Crippen LogP contribution is -2.21. The standard InChI is InChI=1S/C15H18N4O2S/c1-20-14-5-4-11(8-18-19-15(16)17)7-12(14)9-22-10-13-3-2-6-21-13/h2-8H,9-10H2,1H3,(H4,16,17,19). The minimum absolute atomic E-state index is 0.0704. The van der Waals surface area contributed by atoms with Crippen molar-refractivity contribution in [2.45, 2.75) is 11.5 Å². The van der Waals surface area contributed by atoms with E-state index < -0.39 is 0 Å². The van der Waals surface area contributed by atoms with Crippen LogP contribution in [0.3, 0.4) is 0 Å². The van der Waals surface area contributed by atoms with E-state index >= 15 is 0 Å². The molecule has 0 unspecified atom stereocenters. The Morgan fingerprint density at radius 2 is 2.18 bits per heavy atom. The van der Waals surface area contributed by atoms with Gasteiger partial charge in [0.2, 0.25) is 5.96 Å². The largest absolute Gasteiger partial charge is 0.496 e. The van der Waals surface area contributed by atoms with E-state index in [9.17, 15) is 0 Å². The predicted molar refractivity (Wildman–Crippen MR) is 90.1 cm³/mol. The molecular weight excluding hydrogens is 300 g/mol. The van der Waals surface area contributed by atoms with E-state index in [1.807, 2.05) is 30.3 Å². The smallest absolute Gasteiger partial charge is 0.211 e. The van der Waals surface area contributed by atoms with Crippen LogP contribution >= 0.6 is 11.8 Å². The van der Waals surface area contributed by atoms with Crippen molar-refractivity contribution < 1.29 is 9.15 Å². The molecule has 0 aliphatic heterocycles. The van der Waals surface area contributed by atoms with Crippen LogP contribution in [-0.4, -0.2) is 19.3 Å². The summed E-state index contributed by atoms with van der Waals surface area (Å²) in [5.41, 5.74) is 12.4. The maximum absolute atomic E-state index is 5.38. The molecule has 2 rings (SSSR count). The molecule has 1 heterocycles. The summed E-state index contributed by atoms with van der Waals surface area (Å²) >= 11 is 1.75. The highest BCUT2D eigenvalue weighted by Crippen LogP contribution is 2.26. The van der Waals surface area contributed by atoms with Gasteiger partial charge in [-0.1, -0.05) is 0 Å². The molecule has 7 heteroatoms. The average Bonchev–Trinajstić information content (AvgIpc) is 3.00. The van der Waals surface area contributed by atoms with Gasteiger partial charge in [-0.05, 0) is 35.9 Å². The second-order valence-corrected chi connectivity index (χ2v) is 5.40. The number of methoxy groups -OCH3 is 1. The molecule has 0 radical (unpaired) electrons. The fourth-order valence-corrected chi connectivity index (χ4v) is 2.72. The van der Waals surface area contributed by atoms with Gasteiger partial charge in [0.25, 0.3) is 0 Å². The normalized spacial score (nSPS) is 10.8.